The highest BCUT2D eigenvalue weighted by molar-refractivity contribution is 5.84. The van der Waals surface area contributed by atoms with Gasteiger partial charge in [-0.2, -0.15) is 0 Å². The Balaban J connectivity index is 2.34. The highest BCUT2D eigenvalue weighted by Gasteiger charge is 2.02. The van der Waals surface area contributed by atoms with E-state index in [4.69, 9.17) is 4.42 Å². The lowest BCUT2D eigenvalue weighted by molar-refractivity contribution is -0.119. The fourth-order valence-electron chi connectivity index (χ4n) is 1.32. The number of hydrogen-bond acceptors (Lipinski definition) is 3. The highest BCUT2D eigenvalue weighted by Crippen LogP contribution is 1.98. The summed E-state index contributed by atoms with van der Waals surface area (Å²) in [4.78, 5) is 15.7. The molecule has 3 N–H and O–H groups in total. The maximum Gasteiger partial charge on any atom is 0.242 e. The molecule has 0 aromatic carbocycles. The zero-order chi connectivity index (χ0) is 13.9. The zero-order valence-electron chi connectivity index (χ0n) is 11.1. The van der Waals surface area contributed by atoms with Crippen LogP contribution in [-0.4, -0.2) is 31.5 Å². The van der Waals surface area contributed by atoms with E-state index in [-0.39, 0.29) is 12.5 Å². The Bertz CT molecular complexity index is 412. The van der Waals surface area contributed by atoms with Gasteiger partial charge in [0.05, 0.1) is 12.8 Å². The summed E-state index contributed by atoms with van der Waals surface area (Å²) in [5.41, 5.74) is 0. The predicted octanol–water partition coefficient (Wildman–Crippen LogP) is 0.637. The van der Waals surface area contributed by atoms with Crippen LogP contribution in [0.15, 0.2) is 40.5 Å². The van der Waals surface area contributed by atoms with E-state index >= 15 is 0 Å². The molecule has 104 valence electrons. The fourth-order valence-corrected chi connectivity index (χ4v) is 1.32. The summed E-state index contributed by atoms with van der Waals surface area (Å²) >= 11 is 0. The Hall–Kier alpha value is -2.24. The molecule has 6 nitrogen and oxygen atoms in total. The van der Waals surface area contributed by atoms with E-state index < -0.39 is 0 Å². The van der Waals surface area contributed by atoms with Gasteiger partial charge in [0.1, 0.15) is 12.3 Å². The quantitative estimate of drug-likeness (QED) is 0.383. The van der Waals surface area contributed by atoms with Crippen molar-refractivity contribution >= 4 is 11.9 Å². The van der Waals surface area contributed by atoms with Crippen molar-refractivity contribution in [3.8, 4) is 0 Å². The van der Waals surface area contributed by atoms with Crippen molar-refractivity contribution in [3.05, 3.63) is 36.8 Å². The Morgan fingerprint density at radius 2 is 2.32 bits per heavy atom. The van der Waals surface area contributed by atoms with E-state index in [1.807, 2.05) is 6.92 Å². The third-order valence-corrected chi connectivity index (χ3v) is 2.18. The molecule has 0 bridgehead atoms. The Morgan fingerprint density at radius 3 is 2.95 bits per heavy atom. The Labute approximate surface area is 113 Å². The van der Waals surface area contributed by atoms with Crippen LogP contribution in [-0.2, 0) is 11.3 Å². The molecular formula is C13H20N4O2. The first-order chi connectivity index (χ1) is 9.26. The molecule has 0 atom stereocenters. The van der Waals surface area contributed by atoms with Crippen LogP contribution in [0.2, 0.25) is 0 Å². The van der Waals surface area contributed by atoms with Crippen LogP contribution in [0.3, 0.4) is 0 Å². The second kappa shape index (κ2) is 8.79. The highest BCUT2D eigenvalue weighted by atomic mass is 16.3. The van der Waals surface area contributed by atoms with E-state index in [1.165, 1.54) is 0 Å². The van der Waals surface area contributed by atoms with Crippen molar-refractivity contribution in [1.82, 2.24) is 16.0 Å². The van der Waals surface area contributed by atoms with Crippen molar-refractivity contribution in [2.45, 2.75) is 13.5 Å². The first kappa shape index (κ1) is 14.8. The number of amides is 1. The number of nitrogens with zero attached hydrogens (tertiary/aromatic N) is 1. The van der Waals surface area contributed by atoms with E-state index in [0.29, 0.717) is 24.8 Å². The molecule has 1 aromatic heterocycles. The van der Waals surface area contributed by atoms with Crippen molar-refractivity contribution in [2.75, 3.05) is 19.6 Å². The van der Waals surface area contributed by atoms with Crippen molar-refractivity contribution in [2.24, 2.45) is 4.99 Å². The summed E-state index contributed by atoms with van der Waals surface area (Å²) in [6.45, 7) is 7.34. The van der Waals surface area contributed by atoms with Gasteiger partial charge in [-0.25, -0.2) is 4.99 Å². The van der Waals surface area contributed by atoms with E-state index in [0.717, 1.165) is 6.54 Å². The zero-order valence-corrected chi connectivity index (χ0v) is 11.1. The third kappa shape index (κ3) is 6.30. The molecule has 0 aliphatic carbocycles. The van der Waals surface area contributed by atoms with Crippen LogP contribution in [0.5, 0.6) is 0 Å². The number of guanidine groups is 1. The predicted molar refractivity (Wildman–Crippen MR) is 74.7 cm³/mol. The molecule has 1 amide bonds. The molecule has 1 aromatic rings. The maximum atomic E-state index is 11.6. The van der Waals surface area contributed by atoms with Crippen LogP contribution in [0.1, 0.15) is 12.7 Å². The molecule has 0 saturated heterocycles. The van der Waals surface area contributed by atoms with Crippen LogP contribution in [0.25, 0.3) is 0 Å². The lowest BCUT2D eigenvalue weighted by Gasteiger charge is -2.09. The molecule has 1 heterocycles. The average molecular weight is 264 g/mol. The summed E-state index contributed by atoms with van der Waals surface area (Å²) in [5, 5.41) is 8.78. The number of aliphatic imine (C=N–C) groups is 1. The molecule has 1 rings (SSSR count). The molecule has 0 saturated carbocycles. The van der Waals surface area contributed by atoms with Gasteiger partial charge in [0.15, 0.2) is 5.96 Å². The first-order valence-corrected chi connectivity index (χ1v) is 6.18. The lowest BCUT2D eigenvalue weighted by Crippen LogP contribution is -2.38. The molecule has 0 fully saturated rings. The summed E-state index contributed by atoms with van der Waals surface area (Å²) < 4.78 is 5.11. The molecule has 6 heteroatoms. The molecule has 19 heavy (non-hydrogen) atoms. The third-order valence-electron chi connectivity index (χ3n) is 2.18. The molecule has 0 radical (unpaired) electrons. The summed E-state index contributed by atoms with van der Waals surface area (Å²) in [6, 6.07) is 3.58. The Kier molecular flexibility index (Phi) is 6.86. The van der Waals surface area contributed by atoms with Gasteiger partial charge in [0.25, 0.3) is 0 Å². The van der Waals surface area contributed by atoms with Crippen LogP contribution in [0.4, 0.5) is 0 Å². The number of hydrogen-bond donors (Lipinski definition) is 3. The lowest BCUT2D eigenvalue weighted by atomic mass is 10.4. The summed E-state index contributed by atoms with van der Waals surface area (Å²) in [6.07, 6.45) is 3.30. The fraction of sp³-hybridized carbons (Fsp3) is 0.385. The van der Waals surface area contributed by atoms with Gasteiger partial charge in [0.2, 0.25) is 5.91 Å². The topological polar surface area (TPSA) is 78.7 Å². The van der Waals surface area contributed by atoms with Crippen molar-refractivity contribution in [3.63, 3.8) is 0 Å². The van der Waals surface area contributed by atoms with E-state index in [2.05, 4.69) is 27.5 Å². The minimum atomic E-state index is -0.160. The molecule has 0 aliphatic rings. The van der Waals surface area contributed by atoms with Crippen LogP contribution in [0, 0.1) is 0 Å². The van der Waals surface area contributed by atoms with E-state index in [9.17, 15) is 4.79 Å². The van der Waals surface area contributed by atoms with Crippen LogP contribution >= 0.6 is 0 Å². The number of carbonyl (C=O) groups excluding carboxylic acids is 1. The summed E-state index contributed by atoms with van der Waals surface area (Å²) in [5.74, 6) is 1.15. The van der Waals surface area contributed by atoms with Crippen LogP contribution < -0.4 is 16.0 Å². The molecule has 0 aliphatic heterocycles. The van der Waals surface area contributed by atoms with Gasteiger partial charge in [-0.05, 0) is 19.1 Å². The molecular weight excluding hydrogens is 244 g/mol. The average Bonchev–Trinajstić information content (AvgIpc) is 2.92. The standard InChI is InChI=1S/C13H20N4O2/c1-3-7-15-13(14-4-2)17-10-12(18)16-9-11-6-5-8-19-11/h3,5-6,8H,1,4,7,9-10H2,2H3,(H,16,18)(H2,14,15,17). The van der Waals surface area contributed by atoms with Gasteiger partial charge in [-0.1, -0.05) is 6.08 Å². The second-order valence-corrected chi connectivity index (χ2v) is 3.72. The first-order valence-electron chi connectivity index (χ1n) is 6.18. The second-order valence-electron chi connectivity index (χ2n) is 3.72. The summed E-state index contributed by atoms with van der Waals surface area (Å²) in [7, 11) is 0. The minimum Gasteiger partial charge on any atom is -0.467 e. The van der Waals surface area contributed by atoms with Gasteiger partial charge >= 0.3 is 0 Å². The van der Waals surface area contributed by atoms with Gasteiger partial charge in [-0.3, -0.25) is 4.79 Å². The van der Waals surface area contributed by atoms with Gasteiger partial charge in [0, 0.05) is 13.1 Å². The van der Waals surface area contributed by atoms with E-state index in [1.54, 1.807) is 24.5 Å². The van der Waals surface area contributed by atoms with Crippen molar-refractivity contribution < 1.29 is 9.21 Å². The molecule has 0 unspecified atom stereocenters. The van der Waals surface area contributed by atoms with Crippen molar-refractivity contribution in [1.29, 1.82) is 0 Å². The number of furan rings is 1. The Morgan fingerprint density at radius 1 is 1.47 bits per heavy atom. The SMILES string of the molecule is C=CCNC(=NCC(=O)NCc1ccco1)NCC. The number of carbonyl (C=O) groups is 1. The largest absolute Gasteiger partial charge is 0.467 e. The smallest absolute Gasteiger partial charge is 0.242 e. The number of nitrogens with one attached hydrogen (secondary N) is 3. The maximum absolute atomic E-state index is 11.6. The van der Waals surface area contributed by atoms with Gasteiger partial charge in [-0.15, -0.1) is 6.58 Å². The minimum absolute atomic E-state index is 0.0627. The number of rotatable bonds is 7. The normalized spacial score (nSPS) is 10.9. The molecule has 0 spiro atoms. The van der Waals surface area contributed by atoms with Gasteiger partial charge < -0.3 is 20.4 Å². The monoisotopic (exact) mass is 264 g/mol.